The number of aliphatic carboxylic acids is 4. The first-order chi connectivity index (χ1) is 9.89. The van der Waals surface area contributed by atoms with Crippen LogP contribution in [0.4, 0.5) is 0 Å². The Kier molecular flexibility index (Phi) is 9.70. The summed E-state index contributed by atoms with van der Waals surface area (Å²) in [6.45, 7) is 0. The number of carboxylic acids is 4. The summed E-state index contributed by atoms with van der Waals surface area (Å²) < 4.78 is 0. The van der Waals surface area contributed by atoms with E-state index in [-0.39, 0.29) is 0 Å². The summed E-state index contributed by atoms with van der Waals surface area (Å²) in [5.41, 5.74) is 0. The lowest BCUT2D eigenvalue weighted by Crippen LogP contribution is -2.26. The average Bonchev–Trinajstić information content (AvgIpc) is 2.38. The maximum Gasteiger partial charge on any atom is 0.372 e. The molecule has 0 amide bonds. The van der Waals surface area contributed by atoms with Gasteiger partial charge < -0.3 is 30.6 Å². The number of rotatable bonds is 8. The standard InChI is InChI=1S/2C5H6O6/c2*6-2(4(8)9)1-3(7)5(10)11/h2*2,6H,1H2,(H,8,9)(H,10,11)/t2*2-/m11/s1. The molecule has 0 heterocycles. The largest absolute Gasteiger partial charge is 0.479 e. The van der Waals surface area contributed by atoms with Crippen LogP contribution in [-0.4, -0.2) is 78.3 Å². The van der Waals surface area contributed by atoms with Gasteiger partial charge in [-0.25, -0.2) is 19.2 Å². The number of hydrogen-bond acceptors (Lipinski definition) is 8. The van der Waals surface area contributed by atoms with E-state index in [9.17, 15) is 28.8 Å². The molecule has 12 nitrogen and oxygen atoms in total. The number of Topliss-reactive ketones (excluding diaryl/α,β-unsaturated/α-hetero) is 2. The molecule has 0 aromatic heterocycles. The van der Waals surface area contributed by atoms with Crippen LogP contribution in [0.2, 0.25) is 0 Å². The second-order valence-electron chi connectivity index (χ2n) is 3.57. The molecule has 0 saturated heterocycles. The molecule has 22 heavy (non-hydrogen) atoms. The van der Waals surface area contributed by atoms with Gasteiger partial charge in [0.25, 0.3) is 0 Å². The molecule has 0 radical (unpaired) electrons. The summed E-state index contributed by atoms with van der Waals surface area (Å²) in [7, 11) is 0. The fourth-order valence-electron chi connectivity index (χ4n) is 0.700. The summed E-state index contributed by atoms with van der Waals surface area (Å²) in [6, 6.07) is 0. The number of carbonyl (C=O) groups excluding carboxylic acids is 2. The van der Waals surface area contributed by atoms with Crippen molar-refractivity contribution in [3.63, 3.8) is 0 Å². The number of carbonyl (C=O) groups is 6. The second-order valence-corrected chi connectivity index (χ2v) is 3.57. The molecule has 0 unspecified atom stereocenters. The highest BCUT2D eigenvalue weighted by molar-refractivity contribution is 6.33. The van der Waals surface area contributed by atoms with Crippen LogP contribution >= 0.6 is 0 Å². The highest BCUT2D eigenvalue weighted by Gasteiger charge is 2.22. The first-order valence-corrected chi connectivity index (χ1v) is 5.24. The summed E-state index contributed by atoms with van der Waals surface area (Å²) in [5, 5.41) is 48.9. The molecule has 0 bridgehead atoms. The monoisotopic (exact) mass is 324 g/mol. The van der Waals surface area contributed by atoms with Crippen LogP contribution in [0.5, 0.6) is 0 Å². The lowest BCUT2D eigenvalue weighted by atomic mass is 10.2. The third-order valence-electron chi connectivity index (χ3n) is 1.80. The van der Waals surface area contributed by atoms with E-state index in [4.69, 9.17) is 30.6 Å². The Morgan fingerprint density at radius 2 is 0.818 bits per heavy atom. The van der Waals surface area contributed by atoms with Gasteiger partial charge in [0, 0.05) is 0 Å². The van der Waals surface area contributed by atoms with Gasteiger partial charge in [0.05, 0.1) is 12.8 Å². The number of hydrogen-bond donors (Lipinski definition) is 6. The molecule has 0 rings (SSSR count). The zero-order chi connectivity index (χ0) is 18.0. The first kappa shape index (κ1) is 21.4. The van der Waals surface area contributed by atoms with Gasteiger partial charge in [0.2, 0.25) is 11.6 Å². The molecule has 0 aliphatic rings. The van der Waals surface area contributed by atoms with Gasteiger partial charge in [-0.3, -0.25) is 9.59 Å². The van der Waals surface area contributed by atoms with Gasteiger partial charge >= 0.3 is 23.9 Å². The number of aliphatic hydroxyl groups is 2. The predicted octanol–water partition coefficient (Wildman–Crippen LogP) is -3.05. The Hall–Kier alpha value is -2.86. The third kappa shape index (κ3) is 9.99. The van der Waals surface area contributed by atoms with E-state index in [1.807, 2.05) is 0 Å². The molecule has 0 fully saturated rings. The molecular weight excluding hydrogens is 312 g/mol. The molecule has 0 aliphatic heterocycles. The Bertz CT molecular complexity index is 434. The number of ketones is 2. The molecule has 0 spiro atoms. The van der Waals surface area contributed by atoms with Crippen molar-refractivity contribution in [2.75, 3.05) is 0 Å². The van der Waals surface area contributed by atoms with E-state index < -0.39 is 60.5 Å². The number of carboxylic acid groups (broad SMARTS) is 4. The number of aliphatic hydroxyl groups excluding tert-OH is 2. The maximum absolute atomic E-state index is 10.2. The van der Waals surface area contributed by atoms with Crippen molar-refractivity contribution in [2.24, 2.45) is 0 Å². The molecule has 0 saturated carbocycles. The van der Waals surface area contributed by atoms with Crippen molar-refractivity contribution < 1.29 is 59.4 Å². The topological polar surface area (TPSA) is 224 Å². The fraction of sp³-hybridized carbons (Fsp3) is 0.400. The van der Waals surface area contributed by atoms with Gasteiger partial charge in [0.1, 0.15) is 0 Å². The quantitative estimate of drug-likeness (QED) is 0.245. The SMILES string of the molecule is O=C(O)C(=O)C[C@@H](O)C(=O)O.O=C(O)C(=O)C[C@@H](O)C(=O)O. The van der Waals surface area contributed by atoms with Crippen LogP contribution in [0.3, 0.4) is 0 Å². The van der Waals surface area contributed by atoms with Crippen LogP contribution in [0.15, 0.2) is 0 Å². The lowest BCUT2D eigenvalue weighted by Gasteiger charge is -1.99. The van der Waals surface area contributed by atoms with Crippen molar-refractivity contribution in [2.45, 2.75) is 25.0 Å². The maximum atomic E-state index is 10.2. The molecule has 6 N–H and O–H groups in total. The van der Waals surface area contributed by atoms with Crippen LogP contribution < -0.4 is 0 Å². The van der Waals surface area contributed by atoms with E-state index in [1.165, 1.54) is 0 Å². The van der Waals surface area contributed by atoms with Crippen LogP contribution in [0.25, 0.3) is 0 Å². The smallest absolute Gasteiger partial charge is 0.372 e. The molecule has 124 valence electrons. The van der Waals surface area contributed by atoms with Crippen LogP contribution in [0, 0.1) is 0 Å². The Labute approximate surface area is 121 Å². The van der Waals surface area contributed by atoms with Crippen LogP contribution in [-0.2, 0) is 28.8 Å². The first-order valence-electron chi connectivity index (χ1n) is 5.24. The predicted molar refractivity (Wildman–Crippen MR) is 61.8 cm³/mol. The van der Waals surface area contributed by atoms with Crippen LogP contribution in [0.1, 0.15) is 12.8 Å². The molecule has 0 aliphatic carbocycles. The van der Waals surface area contributed by atoms with Gasteiger partial charge in [0.15, 0.2) is 12.2 Å². The van der Waals surface area contributed by atoms with Gasteiger partial charge in [-0.2, -0.15) is 0 Å². The fourth-order valence-corrected chi connectivity index (χ4v) is 0.700. The Morgan fingerprint density at radius 1 is 0.591 bits per heavy atom. The van der Waals surface area contributed by atoms with Crippen molar-refractivity contribution in [1.82, 2.24) is 0 Å². The average molecular weight is 324 g/mol. The zero-order valence-electron chi connectivity index (χ0n) is 10.7. The van der Waals surface area contributed by atoms with E-state index in [0.29, 0.717) is 0 Å². The minimum atomic E-state index is -1.93. The van der Waals surface area contributed by atoms with Gasteiger partial charge in [-0.05, 0) is 0 Å². The summed E-state index contributed by atoms with van der Waals surface area (Å²) in [4.78, 5) is 59.8. The van der Waals surface area contributed by atoms with Crippen molar-refractivity contribution in [3.05, 3.63) is 0 Å². The van der Waals surface area contributed by atoms with Crippen molar-refractivity contribution >= 4 is 35.4 Å². The molecule has 2 atom stereocenters. The summed E-state index contributed by atoms with van der Waals surface area (Å²) in [6.07, 6.45) is -5.66. The van der Waals surface area contributed by atoms with Gasteiger partial charge in [-0.1, -0.05) is 0 Å². The lowest BCUT2D eigenvalue weighted by molar-refractivity contribution is -0.154. The van der Waals surface area contributed by atoms with E-state index in [1.54, 1.807) is 0 Å². The zero-order valence-corrected chi connectivity index (χ0v) is 10.7. The van der Waals surface area contributed by atoms with E-state index in [2.05, 4.69) is 0 Å². The molecular formula is C10H12O12. The van der Waals surface area contributed by atoms with E-state index >= 15 is 0 Å². The highest BCUT2D eigenvalue weighted by Crippen LogP contribution is 1.93. The summed E-state index contributed by atoms with van der Waals surface area (Å²) in [5.74, 6) is -9.35. The Morgan fingerprint density at radius 3 is 0.955 bits per heavy atom. The van der Waals surface area contributed by atoms with Crippen molar-refractivity contribution in [1.29, 1.82) is 0 Å². The minimum absolute atomic E-state index is 0.898. The minimum Gasteiger partial charge on any atom is -0.479 e. The summed E-state index contributed by atoms with van der Waals surface area (Å²) >= 11 is 0. The molecule has 0 aromatic carbocycles. The van der Waals surface area contributed by atoms with E-state index in [0.717, 1.165) is 0 Å². The highest BCUT2D eigenvalue weighted by atomic mass is 16.4. The third-order valence-corrected chi connectivity index (χ3v) is 1.80. The Balaban J connectivity index is 0. The normalized spacial score (nSPS) is 12.1. The van der Waals surface area contributed by atoms with Crippen molar-refractivity contribution in [3.8, 4) is 0 Å². The molecule has 0 aromatic rings. The van der Waals surface area contributed by atoms with Gasteiger partial charge in [-0.15, -0.1) is 0 Å². The second kappa shape index (κ2) is 9.95. The molecule has 12 heteroatoms.